The number of rotatable bonds is 4. The summed E-state index contributed by atoms with van der Waals surface area (Å²) in [5.41, 5.74) is 4.26. The number of benzene rings is 2. The molecule has 1 unspecified atom stereocenters. The molecule has 0 aliphatic carbocycles. The molecule has 0 spiro atoms. The van der Waals surface area contributed by atoms with Crippen molar-refractivity contribution in [1.29, 1.82) is 0 Å². The lowest BCUT2D eigenvalue weighted by molar-refractivity contribution is 0.549. The summed E-state index contributed by atoms with van der Waals surface area (Å²) in [7, 11) is 0. The standard InChI is InChI=1S/C19H24N2/c1-16-15-21(13-7-10-17-8-3-2-4-9-17)19-12-6-5-11-18(19)14-20-16/h2-6,8-9,11-12,16,20H,7,10,13-15H2,1H3. The van der Waals surface area contributed by atoms with E-state index in [0.717, 1.165) is 26.1 Å². The van der Waals surface area contributed by atoms with Gasteiger partial charge in [0.15, 0.2) is 0 Å². The van der Waals surface area contributed by atoms with Crippen molar-refractivity contribution in [3.63, 3.8) is 0 Å². The summed E-state index contributed by atoms with van der Waals surface area (Å²) >= 11 is 0. The van der Waals surface area contributed by atoms with Crippen molar-refractivity contribution in [3.05, 3.63) is 65.7 Å². The molecule has 110 valence electrons. The summed E-state index contributed by atoms with van der Waals surface area (Å²) < 4.78 is 0. The molecule has 21 heavy (non-hydrogen) atoms. The summed E-state index contributed by atoms with van der Waals surface area (Å²) in [5, 5.41) is 3.60. The molecule has 2 aromatic rings. The predicted octanol–water partition coefficient (Wildman–Crippen LogP) is 3.62. The highest BCUT2D eigenvalue weighted by Crippen LogP contribution is 2.23. The Morgan fingerprint density at radius 1 is 1.05 bits per heavy atom. The molecule has 1 atom stereocenters. The van der Waals surface area contributed by atoms with Crippen molar-refractivity contribution < 1.29 is 0 Å². The highest BCUT2D eigenvalue weighted by Gasteiger charge is 2.17. The van der Waals surface area contributed by atoms with E-state index in [-0.39, 0.29) is 0 Å². The number of hydrogen-bond acceptors (Lipinski definition) is 2. The van der Waals surface area contributed by atoms with Crippen LogP contribution in [0.15, 0.2) is 54.6 Å². The number of para-hydroxylation sites is 1. The summed E-state index contributed by atoms with van der Waals surface area (Å²) in [4.78, 5) is 2.54. The average molecular weight is 280 g/mol. The third-order valence-electron chi connectivity index (χ3n) is 4.20. The molecule has 1 heterocycles. The first-order chi connectivity index (χ1) is 10.3. The van der Waals surface area contributed by atoms with E-state index in [0.29, 0.717) is 6.04 Å². The zero-order valence-electron chi connectivity index (χ0n) is 12.8. The van der Waals surface area contributed by atoms with E-state index in [1.165, 1.54) is 23.2 Å². The van der Waals surface area contributed by atoms with Crippen molar-refractivity contribution >= 4 is 5.69 Å². The fourth-order valence-corrected chi connectivity index (χ4v) is 3.08. The molecule has 0 saturated heterocycles. The second kappa shape index (κ2) is 6.77. The Bertz CT molecular complexity index is 565. The number of aryl methyl sites for hydroxylation is 1. The summed E-state index contributed by atoms with van der Waals surface area (Å²) in [6, 6.07) is 20.1. The predicted molar refractivity (Wildman–Crippen MR) is 89.7 cm³/mol. The van der Waals surface area contributed by atoms with Crippen LogP contribution in [0, 0.1) is 0 Å². The Morgan fingerprint density at radius 3 is 2.67 bits per heavy atom. The van der Waals surface area contributed by atoms with Gasteiger partial charge in [0.25, 0.3) is 0 Å². The van der Waals surface area contributed by atoms with E-state index in [1.54, 1.807) is 0 Å². The van der Waals surface area contributed by atoms with Crippen LogP contribution in [0.2, 0.25) is 0 Å². The van der Waals surface area contributed by atoms with E-state index in [9.17, 15) is 0 Å². The minimum atomic E-state index is 0.536. The molecule has 1 aliphatic heterocycles. The molecule has 0 saturated carbocycles. The molecular weight excluding hydrogens is 256 g/mol. The lowest BCUT2D eigenvalue weighted by atomic mass is 10.1. The lowest BCUT2D eigenvalue weighted by Gasteiger charge is -2.26. The Labute approximate surface area is 127 Å². The van der Waals surface area contributed by atoms with Gasteiger partial charge in [0.2, 0.25) is 0 Å². The molecule has 0 amide bonds. The Balaban J connectivity index is 1.66. The molecule has 0 radical (unpaired) electrons. The zero-order valence-corrected chi connectivity index (χ0v) is 12.8. The van der Waals surface area contributed by atoms with Gasteiger partial charge in [0, 0.05) is 31.4 Å². The third kappa shape index (κ3) is 3.64. The Hall–Kier alpha value is -1.80. The van der Waals surface area contributed by atoms with E-state index in [2.05, 4.69) is 71.7 Å². The van der Waals surface area contributed by atoms with Gasteiger partial charge in [-0.25, -0.2) is 0 Å². The topological polar surface area (TPSA) is 15.3 Å². The highest BCUT2D eigenvalue weighted by atomic mass is 15.2. The van der Waals surface area contributed by atoms with Crippen molar-refractivity contribution in [2.45, 2.75) is 32.4 Å². The quantitative estimate of drug-likeness (QED) is 0.920. The molecule has 2 aromatic carbocycles. The monoisotopic (exact) mass is 280 g/mol. The molecular formula is C19H24N2. The first-order valence-corrected chi connectivity index (χ1v) is 7.93. The van der Waals surface area contributed by atoms with Crippen LogP contribution in [-0.2, 0) is 13.0 Å². The van der Waals surface area contributed by atoms with Crippen LogP contribution in [0.3, 0.4) is 0 Å². The van der Waals surface area contributed by atoms with Crippen LogP contribution < -0.4 is 10.2 Å². The minimum Gasteiger partial charge on any atom is -0.370 e. The Morgan fingerprint density at radius 2 is 1.81 bits per heavy atom. The molecule has 0 bridgehead atoms. The van der Waals surface area contributed by atoms with Gasteiger partial charge in [-0.3, -0.25) is 0 Å². The lowest BCUT2D eigenvalue weighted by Crippen LogP contribution is -2.36. The van der Waals surface area contributed by atoms with Gasteiger partial charge in [0.05, 0.1) is 0 Å². The van der Waals surface area contributed by atoms with E-state index in [4.69, 9.17) is 0 Å². The molecule has 1 N–H and O–H groups in total. The van der Waals surface area contributed by atoms with Gasteiger partial charge in [-0.1, -0.05) is 48.5 Å². The van der Waals surface area contributed by atoms with Gasteiger partial charge in [0.1, 0.15) is 0 Å². The largest absolute Gasteiger partial charge is 0.370 e. The second-order valence-electron chi connectivity index (χ2n) is 5.95. The molecule has 2 nitrogen and oxygen atoms in total. The van der Waals surface area contributed by atoms with Crippen molar-refractivity contribution in [1.82, 2.24) is 5.32 Å². The molecule has 3 rings (SSSR count). The maximum atomic E-state index is 3.60. The number of nitrogens with zero attached hydrogens (tertiary/aromatic N) is 1. The van der Waals surface area contributed by atoms with Crippen LogP contribution in [0.4, 0.5) is 5.69 Å². The van der Waals surface area contributed by atoms with Crippen molar-refractivity contribution in [2.24, 2.45) is 0 Å². The van der Waals surface area contributed by atoms with E-state index < -0.39 is 0 Å². The number of anilines is 1. The first kappa shape index (κ1) is 14.2. The van der Waals surface area contributed by atoms with Crippen molar-refractivity contribution in [3.8, 4) is 0 Å². The third-order valence-corrected chi connectivity index (χ3v) is 4.20. The fraction of sp³-hybridized carbons (Fsp3) is 0.368. The Kier molecular flexibility index (Phi) is 4.56. The summed E-state index contributed by atoms with van der Waals surface area (Å²) in [6.07, 6.45) is 2.35. The smallest absolute Gasteiger partial charge is 0.0412 e. The van der Waals surface area contributed by atoms with Gasteiger partial charge in [-0.05, 0) is 37.0 Å². The highest BCUT2D eigenvalue weighted by molar-refractivity contribution is 5.54. The minimum absolute atomic E-state index is 0.536. The van der Waals surface area contributed by atoms with E-state index >= 15 is 0 Å². The summed E-state index contributed by atoms with van der Waals surface area (Å²) in [5.74, 6) is 0. The molecule has 2 heteroatoms. The maximum absolute atomic E-state index is 3.60. The van der Waals surface area contributed by atoms with Crippen LogP contribution >= 0.6 is 0 Å². The SMILES string of the molecule is CC1CN(CCCc2ccccc2)c2ccccc2CN1. The molecule has 1 aliphatic rings. The molecule has 0 aromatic heterocycles. The average Bonchev–Trinajstić information content (AvgIpc) is 2.68. The number of fused-ring (bicyclic) bond motifs is 1. The van der Waals surface area contributed by atoms with Gasteiger partial charge < -0.3 is 10.2 Å². The first-order valence-electron chi connectivity index (χ1n) is 7.93. The molecule has 0 fully saturated rings. The van der Waals surface area contributed by atoms with Gasteiger partial charge >= 0.3 is 0 Å². The fourth-order valence-electron chi connectivity index (χ4n) is 3.08. The maximum Gasteiger partial charge on any atom is 0.0412 e. The van der Waals surface area contributed by atoms with Crippen LogP contribution in [0.1, 0.15) is 24.5 Å². The van der Waals surface area contributed by atoms with Crippen LogP contribution in [0.5, 0.6) is 0 Å². The van der Waals surface area contributed by atoms with Crippen LogP contribution in [0.25, 0.3) is 0 Å². The van der Waals surface area contributed by atoms with Crippen molar-refractivity contribution in [2.75, 3.05) is 18.0 Å². The second-order valence-corrected chi connectivity index (χ2v) is 5.95. The van der Waals surface area contributed by atoms with Gasteiger partial charge in [-0.15, -0.1) is 0 Å². The number of hydrogen-bond donors (Lipinski definition) is 1. The summed E-state index contributed by atoms with van der Waals surface area (Å²) in [6.45, 7) is 5.46. The normalized spacial score (nSPS) is 18.1. The van der Waals surface area contributed by atoms with Crippen LogP contribution in [-0.4, -0.2) is 19.1 Å². The zero-order chi connectivity index (χ0) is 14.5. The number of nitrogens with one attached hydrogen (secondary N) is 1. The van der Waals surface area contributed by atoms with Gasteiger partial charge in [-0.2, -0.15) is 0 Å². The van der Waals surface area contributed by atoms with E-state index in [1.807, 2.05) is 0 Å².